The summed E-state index contributed by atoms with van der Waals surface area (Å²) in [6.45, 7) is 0.281. The topological polar surface area (TPSA) is 47.3 Å². The van der Waals surface area contributed by atoms with Gasteiger partial charge in [0.1, 0.15) is 12.4 Å². The van der Waals surface area contributed by atoms with Crippen molar-refractivity contribution in [1.82, 2.24) is 9.55 Å². The number of benzene rings is 2. The molecule has 0 saturated carbocycles. The normalized spacial score (nSPS) is 14.6. The van der Waals surface area contributed by atoms with Gasteiger partial charge in [-0.1, -0.05) is 48.2 Å². The molecule has 0 spiro atoms. The second-order valence-electron chi connectivity index (χ2n) is 6.75. The van der Waals surface area contributed by atoms with Crippen molar-refractivity contribution in [2.75, 3.05) is 12.4 Å². The molecule has 5 heteroatoms. The van der Waals surface area contributed by atoms with E-state index in [-0.39, 0.29) is 6.61 Å². The fourth-order valence-corrected chi connectivity index (χ4v) is 4.34. The number of rotatable bonds is 7. The van der Waals surface area contributed by atoms with Crippen LogP contribution in [0.2, 0.25) is 0 Å². The summed E-state index contributed by atoms with van der Waals surface area (Å²) in [6.07, 6.45) is 3.98. The Balaban J connectivity index is 1.46. The highest BCUT2D eigenvalue weighted by atomic mass is 32.2. The summed E-state index contributed by atoms with van der Waals surface area (Å²) in [5.41, 5.74) is 3.68. The number of hydrogen-bond acceptors (Lipinski definition) is 4. The molecular formula is C22H24N2O2S. The van der Waals surface area contributed by atoms with Crippen molar-refractivity contribution >= 4 is 11.8 Å². The lowest BCUT2D eigenvalue weighted by molar-refractivity contribution is 0.126. The molecule has 0 saturated heterocycles. The van der Waals surface area contributed by atoms with Crippen LogP contribution >= 0.6 is 11.8 Å². The quantitative estimate of drug-likeness (QED) is 0.622. The molecule has 4 rings (SSSR count). The van der Waals surface area contributed by atoms with E-state index in [1.807, 2.05) is 36.4 Å². The lowest BCUT2D eigenvalue weighted by atomic mass is 10.0. The molecule has 140 valence electrons. The van der Waals surface area contributed by atoms with Crippen LogP contribution in [0.1, 0.15) is 24.2 Å². The highest BCUT2D eigenvalue weighted by molar-refractivity contribution is 7.99. The number of thioether (sulfide) groups is 1. The summed E-state index contributed by atoms with van der Waals surface area (Å²) in [5.74, 6) is 1.33. The number of aliphatic hydroxyl groups is 1. The van der Waals surface area contributed by atoms with Crippen LogP contribution in [0.4, 0.5) is 0 Å². The third kappa shape index (κ3) is 4.37. The number of hydrogen-bond donors (Lipinski definition) is 1. The minimum Gasteiger partial charge on any atom is -0.491 e. The number of aryl methyl sites for hydroxylation is 1. The second-order valence-corrected chi connectivity index (χ2v) is 7.74. The van der Waals surface area contributed by atoms with E-state index in [2.05, 4.69) is 28.8 Å². The Bertz CT molecular complexity index is 865. The van der Waals surface area contributed by atoms with Gasteiger partial charge < -0.3 is 9.84 Å². The van der Waals surface area contributed by atoms with E-state index in [1.54, 1.807) is 11.8 Å². The summed E-state index contributed by atoms with van der Waals surface area (Å²) in [7, 11) is 0. The Morgan fingerprint density at radius 2 is 1.70 bits per heavy atom. The molecule has 0 fully saturated rings. The van der Waals surface area contributed by atoms with Gasteiger partial charge >= 0.3 is 0 Å². The van der Waals surface area contributed by atoms with Gasteiger partial charge in [0.25, 0.3) is 0 Å². The standard InChI is InChI=1S/C22H24N2O2S/c25-18(15-26-19-11-5-2-6-12-19)16-27-22-23-20-13-7-8-14-21(20)24(22)17-9-3-1-4-10-17/h1-6,9-12,18,25H,7-8,13-16H2. The zero-order valence-corrected chi connectivity index (χ0v) is 16.1. The van der Waals surface area contributed by atoms with E-state index in [1.165, 1.54) is 24.2 Å². The molecule has 2 aromatic carbocycles. The van der Waals surface area contributed by atoms with Crippen molar-refractivity contribution in [2.45, 2.75) is 36.9 Å². The third-order valence-electron chi connectivity index (χ3n) is 4.71. The molecule has 0 aliphatic heterocycles. The monoisotopic (exact) mass is 380 g/mol. The third-order valence-corrected chi connectivity index (χ3v) is 5.79. The minimum atomic E-state index is -0.548. The van der Waals surface area contributed by atoms with Gasteiger partial charge in [0.05, 0.1) is 11.8 Å². The highest BCUT2D eigenvalue weighted by Crippen LogP contribution is 2.30. The predicted molar refractivity (Wildman–Crippen MR) is 109 cm³/mol. The van der Waals surface area contributed by atoms with Gasteiger partial charge in [-0.15, -0.1) is 0 Å². The first-order valence-corrected chi connectivity index (χ1v) is 10.4. The van der Waals surface area contributed by atoms with Crippen molar-refractivity contribution in [1.29, 1.82) is 0 Å². The number of nitrogens with zero attached hydrogens (tertiary/aromatic N) is 2. The number of aliphatic hydroxyl groups excluding tert-OH is 1. The van der Waals surface area contributed by atoms with Crippen LogP contribution in [0.15, 0.2) is 65.8 Å². The van der Waals surface area contributed by atoms with Gasteiger partial charge in [-0.05, 0) is 49.9 Å². The van der Waals surface area contributed by atoms with Crippen LogP contribution in [-0.2, 0) is 12.8 Å². The van der Waals surface area contributed by atoms with Crippen molar-refractivity contribution < 1.29 is 9.84 Å². The molecule has 4 nitrogen and oxygen atoms in total. The SMILES string of the molecule is OC(COc1ccccc1)CSc1nc2c(n1-c1ccccc1)CCCC2. The van der Waals surface area contributed by atoms with E-state index in [9.17, 15) is 5.11 Å². The zero-order valence-electron chi connectivity index (χ0n) is 15.3. The van der Waals surface area contributed by atoms with E-state index >= 15 is 0 Å². The maximum atomic E-state index is 10.4. The molecule has 3 aromatic rings. The molecule has 0 bridgehead atoms. The fraction of sp³-hybridized carbons (Fsp3) is 0.318. The fourth-order valence-electron chi connectivity index (χ4n) is 3.38. The summed E-state index contributed by atoms with van der Waals surface area (Å²) in [6, 6.07) is 20.0. The molecular weight excluding hydrogens is 356 g/mol. The molecule has 1 N–H and O–H groups in total. The van der Waals surface area contributed by atoms with Crippen LogP contribution in [-0.4, -0.2) is 33.1 Å². The van der Waals surface area contributed by atoms with Crippen LogP contribution < -0.4 is 4.74 Å². The van der Waals surface area contributed by atoms with Crippen molar-refractivity contribution in [3.8, 4) is 11.4 Å². The molecule has 0 amide bonds. The number of imidazole rings is 1. The van der Waals surface area contributed by atoms with Crippen LogP contribution in [0.3, 0.4) is 0 Å². The number of ether oxygens (including phenoxy) is 1. The maximum Gasteiger partial charge on any atom is 0.173 e. The minimum absolute atomic E-state index is 0.281. The van der Waals surface area contributed by atoms with E-state index in [0.29, 0.717) is 5.75 Å². The molecule has 1 aromatic heterocycles. The Kier molecular flexibility index (Phi) is 5.80. The molecule has 0 radical (unpaired) electrons. The van der Waals surface area contributed by atoms with Gasteiger partial charge in [-0.25, -0.2) is 4.98 Å². The molecule has 1 aliphatic carbocycles. The highest BCUT2D eigenvalue weighted by Gasteiger charge is 2.22. The molecule has 1 aliphatic rings. The lowest BCUT2D eigenvalue weighted by Crippen LogP contribution is -2.20. The predicted octanol–water partition coefficient (Wildman–Crippen LogP) is 4.28. The Morgan fingerprint density at radius 1 is 1.00 bits per heavy atom. The van der Waals surface area contributed by atoms with Crippen molar-refractivity contribution in [3.05, 3.63) is 72.1 Å². The smallest absolute Gasteiger partial charge is 0.173 e. The summed E-state index contributed by atoms with van der Waals surface area (Å²) >= 11 is 1.60. The first-order chi connectivity index (χ1) is 13.3. The Hall–Kier alpha value is -2.24. The van der Waals surface area contributed by atoms with Gasteiger partial charge in [0, 0.05) is 17.1 Å². The van der Waals surface area contributed by atoms with Gasteiger partial charge in [-0.3, -0.25) is 4.57 Å². The van der Waals surface area contributed by atoms with Gasteiger partial charge in [0.15, 0.2) is 5.16 Å². The first-order valence-electron chi connectivity index (χ1n) is 9.46. The molecule has 1 atom stereocenters. The molecule has 1 heterocycles. The summed E-state index contributed by atoms with van der Waals surface area (Å²) < 4.78 is 7.93. The van der Waals surface area contributed by atoms with Crippen LogP contribution in [0.5, 0.6) is 5.75 Å². The number of para-hydroxylation sites is 2. The molecule has 27 heavy (non-hydrogen) atoms. The average molecular weight is 381 g/mol. The van der Waals surface area contributed by atoms with Crippen LogP contribution in [0.25, 0.3) is 5.69 Å². The average Bonchev–Trinajstić information content (AvgIpc) is 3.10. The van der Waals surface area contributed by atoms with Crippen LogP contribution in [0, 0.1) is 0 Å². The van der Waals surface area contributed by atoms with E-state index in [4.69, 9.17) is 9.72 Å². The zero-order chi connectivity index (χ0) is 18.5. The van der Waals surface area contributed by atoms with Crippen molar-refractivity contribution in [3.63, 3.8) is 0 Å². The van der Waals surface area contributed by atoms with E-state index in [0.717, 1.165) is 29.4 Å². The first kappa shape index (κ1) is 18.1. The van der Waals surface area contributed by atoms with E-state index < -0.39 is 6.10 Å². The van der Waals surface area contributed by atoms with Gasteiger partial charge in [-0.2, -0.15) is 0 Å². The largest absolute Gasteiger partial charge is 0.491 e. The number of aromatic nitrogens is 2. The summed E-state index contributed by atoms with van der Waals surface area (Å²) in [5, 5.41) is 11.3. The lowest BCUT2D eigenvalue weighted by Gasteiger charge is -2.16. The Labute approximate surface area is 164 Å². The summed E-state index contributed by atoms with van der Waals surface area (Å²) in [4.78, 5) is 4.89. The van der Waals surface area contributed by atoms with Gasteiger partial charge in [0.2, 0.25) is 0 Å². The van der Waals surface area contributed by atoms with Crippen molar-refractivity contribution in [2.24, 2.45) is 0 Å². The maximum absolute atomic E-state index is 10.4. The number of fused-ring (bicyclic) bond motifs is 1. The second kappa shape index (κ2) is 8.63. The Morgan fingerprint density at radius 3 is 2.48 bits per heavy atom. The molecule has 1 unspecified atom stereocenters.